The standard InChI is InChI=1S/C8H14N2OS/c1-3-8(11)10-7-9(2)5-4-6-12-10/h3H,1,4-7H2,2H3. The van der Waals surface area contributed by atoms with E-state index in [1.807, 2.05) is 7.05 Å². The van der Waals surface area contributed by atoms with Crippen molar-refractivity contribution < 1.29 is 4.79 Å². The second-order valence-corrected chi connectivity index (χ2v) is 3.94. The lowest BCUT2D eigenvalue weighted by molar-refractivity contribution is -0.122. The van der Waals surface area contributed by atoms with Gasteiger partial charge in [-0.2, -0.15) is 0 Å². The third-order valence-corrected chi connectivity index (χ3v) is 2.80. The molecule has 3 nitrogen and oxygen atoms in total. The van der Waals surface area contributed by atoms with Crippen molar-refractivity contribution in [3.8, 4) is 0 Å². The van der Waals surface area contributed by atoms with Crippen molar-refractivity contribution in [2.45, 2.75) is 6.42 Å². The smallest absolute Gasteiger partial charge is 0.257 e. The summed E-state index contributed by atoms with van der Waals surface area (Å²) in [5.74, 6) is 1.03. The van der Waals surface area contributed by atoms with Gasteiger partial charge in [-0.3, -0.25) is 14.0 Å². The van der Waals surface area contributed by atoms with Crippen molar-refractivity contribution in [3.05, 3.63) is 12.7 Å². The predicted molar refractivity (Wildman–Crippen MR) is 51.6 cm³/mol. The van der Waals surface area contributed by atoms with E-state index < -0.39 is 0 Å². The maximum absolute atomic E-state index is 11.2. The first-order chi connectivity index (χ1) is 5.74. The Morgan fingerprint density at radius 1 is 1.67 bits per heavy atom. The summed E-state index contributed by atoms with van der Waals surface area (Å²) >= 11 is 1.59. The van der Waals surface area contributed by atoms with Crippen LogP contribution in [0, 0.1) is 0 Å². The minimum absolute atomic E-state index is 0.00810. The number of hydrogen-bond donors (Lipinski definition) is 0. The first-order valence-electron chi connectivity index (χ1n) is 3.99. The van der Waals surface area contributed by atoms with Crippen molar-refractivity contribution >= 4 is 17.9 Å². The van der Waals surface area contributed by atoms with Gasteiger partial charge in [0.15, 0.2) is 0 Å². The van der Waals surface area contributed by atoms with Crippen molar-refractivity contribution in [2.24, 2.45) is 0 Å². The van der Waals surface area contributed by atoms with Crippen molar-refractivity contribution in [1.82, 2.24) is 9.21 Å². The summed E-state index contributed by atoms with van der Waals surface area (Å²) in [6.45, 7) is 5.24. The molecule has 0 bridgehead atoms. The summed E-state index contributed by atoms with van der Waals surface area (Å²) in [5.41, 5.74) is 0. The van der Waals surface area contributed by atoms with Gasteiger partial charge in [-0.25, -0.2) is 0 Å². The third-order valence-electron chi connectivity index (χ3n) is 1.72. The van der Waals surface area contributed by atoms with Crippen LogP contribution in [0.15, 0.2) is 12.7 Å². The molecule has 0 N–H and O–H groups in total. The van der Waals surface area contributed by atoms with Crippen LogP contribution in [0.4, 0.5) is 0 Å². The van der Waals surface area contributed by atoms with E-state index in [1.54, 1.807) is 16.3 Å². The number of carbonyl (C=O) groups excluding carboxylic acids is 1. The highest BCUT2D eigenvalue weighted by Crippen LogP contribution is 2.16. The largest absolute Gasteiger partial charge is 0.288 e. The van der Waals surface area contributed by atoms with Crippen LogP contribution < -0.4 is 0 Å². The molecule has 0 radical (unpaired) electrons. The molecule has 4 heteroatoms. The Labute approximate surface area is 77.5 Å². The number of nitrogens with zero attached hydrogens (tertiary/aromatic N) is 2. The van der Waals surface area contributed by atoms with Crippen LogP contribution in [0.3, 0.4) is 0 Å². The van der Waals surface area contributed by atoms with Gasteiger partial charge >= 0.3 is 0 Å². The van der Waals surface area contributed by atoms with Crippen LogP contribution in [0.2, 0.25) is 0 Å². The van der Waals surface area contributed by atoms with Crippen molar-refractivity contribution in [2.75, 3.05) is 26.0 Å². The van der Waals surface area contributed by atoms with E-state index in [1.165, 1.54) is 6.08 Å². The topological polar surface area (TPSA) is 23.6 Å². The second kappa shape index (κ2) is 4.52. The van der Waals surface area contributed by atoms with E-state index >= 15 is 0 Å². The Kier molecular flexibility index (Phi) is 3.62. The highest BCUT2D eigenvalue weighted by molar-refractivity contribution is 7.97. The first kappa shape index (κ1) is 9.61. The number of hydrogen-bond acceptors (Lipinski definition) is 3. The third kappa shape index (κ3) is 2.53. The zero-order chi connectivity index (χ0) is 8.97. The average molecular weight is 186 g/mol. The van der Waals surface area contributed by atoms with Crippen LogP contribution in [0.5, 0.6) is 0 Å². The fourth-order valence-electron chi connectivity index (χ4n) is 1.08. The van der Waals surface area contributed by atoms with E-state index in [-0.39, 0.29) is 5.91 Å². The van der Waals surface area contributed by atoms with Gasteiger partial charge in [0, 0.05) is 12.3 Å². The maximum atomic E-state index is 11.2. The summed E-state index contributed by atoms with van der Waals surface area (Å²) in [6.07, 6.45) is 2.51. The van der Waals surface area contributed by atoms with Gasteiger partial charge in [0.1, 0.15) is 0 Å². The molecule has 0 aromatic heterocycles. The van der Waals surface area contributed by atoms with E-state index in [2.05, 4.69) is 11.5 Å². The fraction of sp³-hybridized carbons (Fsp3) is 0.625. The van der Waals surface area contributed by atoms with E-state index in [0.717, 1.165) is 18.7 Å². The zero-order valence-electron chi connectivity index (χ0n) is 7.32. The molecule has 1 aliphatic rings. The fourth-order valence-corrected chi connectivity index (χ4v) is 2.03. The molecule has 1 saturated heterocycles. The average Bonchev–Trinajstić information content (AvgIpc) is 2.28. The highest BCUT2D eigenvalue weighted by Gasteiger charge is 2.16. The normalized spacial score (nSPS) is 20.2. The van der Waals surface area contributed by atoms with Gasteiger partial charge in [-0.1, -0.05) is 6.58 Å². The summed E-state index contributed by atoms with van der Waals surface area (Å²) in [4.78, 5) is 13.4. The molecule has 0 spiro atoms. The summed E-state index contributed by atoms with van der Waals surface area (Å²) in [5, 5.41) is 0. The van der Waals surface area contributed by atoms with E-state index in [4.69, 9.17) is 0 Å². The van der Waals surface area contributed by atoms with E-state index in [0.29, 0.717) is 6.67 Å². The van der Waals surface area contributed by atoms with Crippen LogP contribution in [0.1, 0.15) is 6.42 Å². The molecule has 0 unspecified atom stereocenters. The lowest BCUT2D eigenvalue weighted by Crippen LogP contribution is -2.32. The Morgan fingerprint density at radius 3 is 3.08 bits per heavy atom. The molecule has 1 fully saturated rings. The zero-order valence-corrected chi connectivity index (χ0v) is 8.14. The molecule has 68 valence electrons. The van der Waals surface area contributed by atoms with Crippen LogP contribution in [-0.4, -0.2) is 41.1 Å². The predicted octanol–water partition coefficient (Wildman–Crippen LogP) is 0.942. The lowest BCUT2D eigenvalue weighted by Gasteiger charge is -2.21. The summed E-state index contributed by atoms with van der Waals surface area (Å²) < 4.78 is 1.75. The van der Waals surface area contributed by atoms with Gasteiger partial charge in [-0.05, 0) is 31.5 Å². The number of rotatable bonds is 1. The Hall–Kier alpha value is -0.480. The molecule has 0 aromatic rings. The molecular formula is C8H14N2OS. The molecular weight excluding hydrogens is 172 g/mol. The molecule has 0 saturated carbocycles. The Bertz CT molecular complexity index is 184. The van der Waals surface area contributed by atoms with Gasteiger partial charge in [0.2, 0.25) is 0 Å². The first-order valence-corrected chi connectivity index (χ1v) is 4.93. The lowest BCUT2D eigenvalue weighted by atomic mass is 10.4. The minimum atomic E-state index is 0.00810. The highest BCUT2D eigenvalue weighted by atomic mass is 32.2. The molecule has 1 amide bonds. The van der Waals surface area contributed by atoms with Gasteiger partial charge in [0.25, 0.3) is 5.91 Å². The molecule has 0 aliphatic carbocycles. The van der Waals surface area contributed by atoms with Crippen LogP contribution in [-0.2, 0) is 4.79 Å². The molecule has 0 atom stereocenters. The molecule has 0 aromatic carbocycles. The molecule has 1 aliphatic heterocycles. The van der Waals surface area contributed by atoms with Crippen molar-refractivity contribution in [3.63, 3.8) is 0 Å². The summed E-state index contributed by atoms with van der Waals surface area (Å²) in [6, 6.07) is 0. The second-order valence-electron chi connectivity index (χ2n) is 2.83. The number of amides is 1. The quantitative estimate of drug-likeness (QED) is 0.450. The van der Waals surface area contributed by atoms with E-state index in [9.17, 15) is 4.79 Å². The maximum Gasteiger partial charge on any atom is 0.257 e. The SMILES string of the molecule is C=CC(=O)N1CN(C)CCCS1. The van der Waals surface area contributed by atoms with Gasteiger partial charge in [-0.15, -0.1) is 0 Å². The van der Waals surface area contributed by atoms with Crippen LogP contribution >= 0.6 is 11.9 Å². The number of carbonyl (C=O) groups is 1. The van der Waals surface area contributed by atoms with Gasteiger partial charge in [0.05, 0.1) is 6.67 Å². The molecule has 1 heterocycles. The van der Waals surface area contributed by atoms with Crippen molar-refractivity contribution in [1.29, 1.82) is 0 Å². The Balaban J connectivity index is 2.51. The van der Waals surface area contributed by atoms with Crippen LogP contribution in [0.25, 0.3) is 0 Å². The minimum Gasteiger partial charge on any atom is -0.288 e. The molecule has 12 heavy (non-hydrogen) atoms. The summed E-state index contributed by atoms with van der Waals surface area (Å²) in [7, 11) is 2.02. The molecule has 1 rings (SSSR count). The monoisotopic (exact) mass is 186 g/mol. The van der Waals surface area contributed by atoms with Gasteiger partial charge < -0.3 is 0 Å². The Morgan fingerprint density at radius 2 is 2.42 bits per heavy atom.